The molecule has 9 aliphatic rings. The minimum Gasteiger partial charge on any atom is -0.394 e. The van der Waals surface area contributed by atoms with Crippen LogP contribution in [0, 0.1) is 46.3 Å². The van der Waals surface area contributed by atoms with Gasteiger partial charge in [0.1, 0.15) is 67.1 Å². The van der Waals surface area contributed by atoms with Crippen molar-refractivity contribution in [3.63, 3.8) is 0 Å². The SMILES string of the molecule is C=C1CCC2(OC1)OC1CC3C4CCC5C[C@@H](O[C@@H]6O[C@H](CO)[C@@H](O[C@@H]7O[C@H](CO)[C@@H](O)[C@H](O)[C@H]7O)[C@H](O)[C@H]6O[C@@H]6O[C@@H](C)[C@H](O)[C@@H](O)[C@H]6O)CC[C@]5(C)C4CC[C@]3(C)C1C2C. The van der Waals surface area contributed by atoms with Gasteiger partial charge in [-0.2, -0.15) is 0 Å². The molecule has 354 valence electrons. The summed E-state index contributed by atoms with van der Waals surface area (Å²) in [6.45, 7) is 12.2. The molecule has 0 amide bonds. The highest BCUT2D eigenvalue weighted by Crippen LogP contribution is 2.71. The van der Waals surface area contributed by atoms with Gasteiger partial charge >= 0.3 is 0 Å². The fourth-order valence-corrected chi connectivity index (χ4v) is 14.5. The summed E-state index contributed by atoms with van der Waals surface area (Å²) in [5.41, 5.74) is 1.43. The molecule has 17 nitrogen and oxygen atoms in total. The van der Waals surface area contributed by atoms with Gasteiger partial charge in [0, 0.05) is 12.3 Å². The van der Waals surface area contributed by atoms with Crippen molar-refractivity contribution in [2.45, 2.75) is 202 Å². The number of aliphatic hydroxyl groups is 9. The minimum absolute atomic E-state index is 0.0936. The Morgan fingerprint density at radius 2 is 1.31 bits per heavy atom. The third-order valence-electron chi connectivity index (χ3n) is 18.0. The van der Waals surface area contributed by atoms with Crippen molar-refractivity contribution in [1.29, 1.82) is 0 Å². The fourth-order valence-electron chi connectivity index (χ4n) is 14.5. The first-order valence-electron chi connectivity index (χ1n) is 23.3. The molecule has 5 aliphatic heterocycles. The maximum Gasteiger partial charge on any atom is 0.187 e. The first-order valence-corrected chi connectivity index (χ1v) is 23.3. The van der Waals surface area contributed by atoms with Gasteiger partial charge in [-0.1, -0.05) is 32.9 Å². The average Bonchev–Trinajstić information content (AvgIpc) is 3.70. The smallest absolute Gasteiger partial charge is 0.187 e. The van der Waals surface area contributed by atoms with Crippen molar-refractivity contribution in [3.05, 3.63) is 12.2 Å². The molecular weight excluding hydrogens is 812 g/mol. The van der Waals surface area contributed by atoms with Gasteiger partial charge in [0.25, 0.3) is 0 Å². The molecular formula is C45H72O17. The van der Waals surface area contributed by atoms with E-state index in [0.717, 1.165) is 50.5 Å². The normalized spacial score (nSPS) is 57.8. The number of rotatable bonds is 8. The summed E-state index contributed by atoms with van der Waals surface area (Å²) in [4.78, 5) is 0. The van der Waals surface area contributed by atoms with Crippen molar-refractivity contribution in [2.75, 3.05) is 19.8 Å². The lowest BCUT2D eigenvalue weighted by molar-refractivity contribution is -0.390. The highest BCUT2D eigenvalue weighted by Gasteiger charge is 2.69. The molecule has 0 aromatic carbocycles. The molecule has 8 unspecified atom stereocenters. The molecule has 9 rings (SSSR count). The predicted octanol–water partition coefficient (Wildman–Crippen LogP) is 0.214. The minimum atomic E-state index is -1.81. The summed E-state index contributed by atoms with van der Waals surface area (Å²) in [7, 11) is 0. The molecule has 62 heavy (non-hydrogen) atoms. The van der Waals surface area contributed by atoms with Crippen LogP contribution in [-0.4, -0.2) is 176 Å². The van der Waals surface area contributed by atoms with Crippen LogP contribution in [0.15, 0.2) is 12.2 Å². The van der Waals surface area contributed by atoms with E-state index in [4.69, 9.17) is 37.9 Å². The standard InChI is InChI=1S/C45H72O17/c1-19-8-13-45(55-18-19)20(2)30-27(62-45)15-26-24-7-6-22-14-23(9-11-43(22,4)25(24)10-12-44(26,30)5)57-42-39(61-40-35(52)33(50)31(48)21(3)56-40)37(54)38(29(17-47)59-42)60-41-36(53)34(51)32(49)28(16-46)58-41/h20-42,46-54H,1,6-18H2,2-5H3/t20?,21-,22?,23-,24?,25?,26?,27?,28+,29+,30?,31-,32+,33+,34-,35+,36+,37-,38+,39+,40-,41-,42+,43-,44-,45?/m0/s1. The second-order valence-electron chi connectivity index (χ2n) is 21.1. The molecule has 26 atom stereocenters. The second kappa shape index (κ2) is 17.3. The van der Waals surface area contributed by atoms with Gasteiger partial charge < -0.3 is 83.9 Å². The zero-order valence-corrected chi connectivity index (χ0v) is 36.5. The van der Waals surface area contributed by atoms with Crippen LogP contribution in [0.4, 0.5) is 0 Å². The highest BCUT2D eigenvalue weighted by molar-refractivity contribution is 5.16. The van der Waals surface area contributed by atoms with Crippen molar-refractivity contribution < 1.29 is 83.9 Å². The third-order valence-corrected chi connectivity index (χ3v) is 18.0. The van der Waals surface area contributed by atoms with Crippen LogP contribution in [0.25, 0.3) is 0 Å². The van der Waals surface area contributed by atoms with Gasteiger partial charge in [-0.15, -0.1) is 0 Å². The van der Waals surface area contributed by atoms with E-state index in [2.05, 4.69) is 27.4 Å². The summed E-state index contributed by atoms with van der Waals surface area (Å²) in [6, 6.07) is 0. The summed E-state index contributed by atoms with van der Waals surface area (Å²) in [6.07, 6.45) is -13.1. The van der Waals surface area contributed by atoms with Gasteiger partial charge in [0.05, 0.1) is 38.1 Å². The Morgan fingerprint density at radius 1 is 0.645 bits per heavy atom. The largest absolute Gasteiger partial charge is 0.394 e. The molecule has 4 saturated carbocycles. The highest BCUT2D eigenvalue weighted by atomic mass is 16.8. The third kappa shape index (κ3) is 7.49. The lowest BCUT2D eigenvalue weighted by Gasteiger charge is -2.61. The number of hydrogen-bond acceptors (Lipinski definition) is 17. The van der Waals surface area contributed by atoms with E-state index in [1.54, 1.807) is 0 Å². The summed E-state index contributed by atoms with van der Waals surface area (Å²) in [5.74, 6) is 2.42. The van der Waals surface area contributed by atoms with Crippen LogP contribution in [0.3, 0.4) is 0 Å². The number of aliphatic hydroxyl groups excluding tert-OH is 9. The first-order chi connectivity index (χ1) is 29.4. The van der Waals surface area contributed by atoms with E-state index in [-0.39, 0.29) is 23.0 Å². The summed E-state index contributed by atoms with van der Waals surface area (Å²) < 4.78 is 49.9. The van der Waals surface area contributed by atoms with Crippen molar-refractivity contribution in [2.24, 2.45) is 46.3 Å². The Bertz CT molecular complexity index is 1590. The van der Waals surface area contributed by atoms with Crippen molar-refractivity contribution in [3.8, 4) is 0 Å². The Hall–Kier alpha value is -0.940. The zero-order chi connectivity index (χ0) is 44.2. The predicted molar refractivity (Wildman–Crippen MR) is 214 cm³/mol. The molecule has 17 heteroatoms. The molecule has 5 saturated heterocycles. The monoisotopic (exact) mass is 884 g/mol. The van der Waals surface area contributed by atoms with Crippen LogP contribution in [0.1, 0.15) is 91.9 Å². The maximum atomic E-state index is 12.0. The van der Waals surface area contributed by atoms with Crippen LogP contribution < -0.4 is 0 Å². The molecule has 9 fully saturated rings. The molecule has 1 spiro atoms. The van der Waals surface area contributed by atoms with Gasteiger partial charge in [0.2, 0.25) is 0 Å². The topological polar surface area (TPSA) is 256 Å². The van der Waals surface area contributed by atoms with Gasteiger partial charge in [-0.25, -0.2) is 0 Å². The van der Waals surface area contributed by atoms with E-state index in [9.17, 15) is 46.0 Å². The van der Waals surface area contributed by atoms with E-state index in [1.165, 1.54) is 19.8 Å². The van der Waals surface area contributed by atoms with E-state index >= 15 is 0 Å². The van der Waals surface area contributed by atoms with E-state index in [0.29, 0.717) is 48.5 Å². The quantitative estimate of drug-likeness (QED) is 0.117. The van der Waals surface area contributed by atoms with E-state index < -0.39 is 111 Å². The van der Waals surface area contributed by atoms with Gasteiger partial charge in [-0.3, -0.25) is 0 Å². The summed E-state index contributed by atoms with van der Waals surface area (Å²) >= 11 is 0. The summed E-state index contributed by atoms with van der Waals surface area (Å²) in [5, 5.41) is 95.8. The fraction of sp³-hybridized carbons (Fsp3) is 0.956. The van der Waals surface area contributed by atoms with Crippen molar-refractivity contribution in [1.82, 2.24) is 0 Å². The van der Waals surface area contributed by atoms with Crippen LogP contribution >= 0.6 is 0 Å². The van der Waals surface area contributed by atoms with Crippen LogP contribution in [-0.2, 0) is 37.9 Å². The number of fused-ring (bicyclic) bond motifs is 7. The lowest BCUT2D eigenvalue weighted by atomic mass is 9.44. The van der Waals surface area contributed by atoms with Crippen molar-refractivity contribution >= 4 is 0 Å². The Kier molecular flexibility index (Phi) is 12.9. The molecule has 4 aliphatic carbocycles. The Labute approximate surface area is 363 Å². The molecule has 0 radical (unpaired) electrons. The first kappa shape index (κ1) is 46.2. The van der Waals surface area contributed by atoms with E-state index in [1.807, 2.05) is 0 Å². The molecule has 5 heterocycles. The van der Waals surface area contributed by atoms with Crippen LogP contribution in [0.5, 0.6) is 0 Å². The molecule has 9 N–H and O–H groups in total. The zero-order valence-electron chi connectivity index (χ0n) is 36.5. The van der Waals surface area contributed by atoms with Gasteiger partial charge in [0.15, 0.2) is 24.7 Å². The molecule has 0 aromatic heterocycles. The average molecular weight is 885 g/mol. The number of hydrogen-bond donors (Lipinski definition) is 9. The maximum absolute atomic E-state index is 12.0. The van der Waals surface area contributed by atoms with Gasteiger partial charge in [-0.05, 0) is 105 Å². The molecule has 0 bridgehead atoms. The lowest BCUT2D eigenvalue weighted by Crippen LogP contribution is -2.67. The Balaban J connectivity index is 0.900. The molecule has 0 aromatic rings. The van der Waals surface area contributed by atoms with Crippen LogP contribution in [0.2, 0.25) is 0 Å². The number of ether oxygens (including phenoxy) is 8. The second-order valence-corrected chi connectivity index (χ2v) is 21.1. The Morgan fingerprint density at radius 3 is 2.00 bits per heavy atom.